The molecule has 0 aromatic carbocycles. The summed E-state index contributed by atoms with van der Waals surface area (Å²) >= 11 is 2.62. The van der Waals surface area contributed by atoms with E-state index in [1.54, 1.807) is 0 Å². The van der Waals surface area contributed by atoms with E-state index in [0.717, 1.165) is 23.1 Å². The van der Waals surface area contributed by atoms with Crippen LogP contribution in [0.3, 0.4) is 0 Å². The Hall–Kier alpha value is -1.87. The highest BCUT2D eigenvalue weighted by molar-refractivity contribution is 7.99. The molecule has 0 radical (unpaired) electrons. The summed E-state index contributed by atoms with van der Waals surface area (Å²) in [5, 5.41) is 12.8. The highest BCUT2D eigenvalue weighted by Gasteiger charge is 2.26. The van der Waals surface area contributed by atoms with Gasteiger partial charge in [-0.3, -0.25) is 4.79 Å². The van der Waals surface area contributed by atoms with Gasteiger partial charge in [0.2, 0.25) is 5.91 Å². The minimum absolute atomic E-state index is 0.0137. The third-order valence-electron chi connectivity index (χ3n) is 3.45. The third kappa shape index (κ3) is 4.81. The molecule has 0 bridgehead atoms. The van der Waals surface area contributed by atoms with Crippen LogP contribution in [0.1, 0.15) is 20.3 Å². The molecule has 0 aliphatic carbocycles. The van der Waals surface area contributed by atoms with Crippen molar-refractivity contribution >= 4 is 35.0 Å². The van der Waals surface area contributed by atoms with E-state index in [1.807, 2.05) is 31.4 Å². The summed E-state index contributed by atoms with van der Waals surface area (Å²) in [5.74, 6) is -0.233. The minimum atomic E-state index is -0.655. The van der Waals surface area contributed by atoms with Crippen molar-refractivity contribution < 1.29 is 18.7 Å². The maximum absolute atomic E-state index is 12.1. The van der Waals surface area contributed by atoms with Gasteiger partial charge < -0.3 is 14.5 Å². The first-order valence-electron chi connectivity index (χ1n) is 7.42. The van der Waals surface area contributed by atoms with E-state index in [0.29, 0.717) is 11.1 Å². The molecule has 2 aromatic rings. The number of thioether (sulfide) groups is 1. The second-order valence-corrected chi connectivity index (χ2v) is 6.97. The lowest BCUT2D eigenvalue weighted by atomic mass is 9.99. The molecule has 0 aliphatic heterocycles. The average molecular weight is 369 g/mol. The van der Waals surface area contributed by atoms with Gasteiger partial charge >= 0.3 is 5.97 Å². The lowest BCUT2D eigenvalue weighted by Crippen LogP contribution is -2.46. The van der Waals surface area contributed by atoms with E-state index < -0.39 is 12.0 Å². The monoisotopic (exact) mass is 369 g/mol. The Bertz CT molecular complexity index is 672. The van der Waals surface area contributed by atoms with Crippen LogP contribution in [-0.2, 0) is 14.3 Å². The molecule has 0 spiro atoms. The van der Waals surface area contributed by atoms with Gasteiger partial charge in [0.15, 0.2) is 0 Å². The molecule has 7 nitrogen and oxygen atoms in total. The number of esters is 1. The second kappa shape index (κ2) is 8.84. The fourth-order valence-corrected chi connectivity index (χ4v) is 3.12. The van der Waals surface area contributed by atoms with Gasteiger partial charge in [-0.1, -0.05) is 38.1 Å². The van der Waals surface area contributed by atoms with Gasteiger partial charge in [-0.2, -0.15) is 0 Å². The molecule has 1 N–H and O–H groups in total. The van der Waals surface area contributed by atoms with Gasteiger partial charge in [0.25, 0.3) is 11.1 Å². The molecule has 9 heteroatoms. The lowest BCUT2D eigenvalue weighted by molar-refractivity contribution is -0.146. The molecule has 2 rings (SSSR count). The Morgan fingerprint density at radius 1 is 1.46 bits per heavy atom. The van der Waals surface area contributed by atoms with Crippen molar-refractivity contribution in [2.24, 2.45) is 5.92 Å². The van der Waals surface area contributed by atoms with Gasteiger partial charge in [-0.15, -0.1) is 21.5 Å². The van der Waals surface area contributed by atoms with Crippen molar-refractivity contribution in [2.75, 3.05) is 12.9 Å². The minimum Gasteiger partial charge on any atom is -0.467 e. The number of carbonyl (C=O) groups excluding carboxylic acids is 2. The van der Waals surface area contributed by atoms with E-state index in [1.165, 1.54) is 18.4 Å². The number of carbonyl (C=O) groups is 2. The summed E-state index contributed by atoms with van der Waals surface area (Å²) in [5.41, 5.74) is 0. The number of nitrogens with zero attached hydrogens (tertiary/aromatic N) is 2. The Morgan fingerprint density at radius 3 is 2.88 bits per heavy atom. The van der Waals surface area contributed by atoms with E-state index in [2.05, 4.69) is 15.5 Å². The van der Waals surface area contributed by atoms with Crippen molar-refractivity contribution in [1.82, 2.24) is 15.5 Å². The standard InChI is InChI=1S/C15H19N3O4S2/c1-4-9(2)12(14(20)21-3)16-11(19)8-24-15-18-17-13(22-15)10-6-5-7-23-10/h5-7,9,12H,4,8H2,1-3H3,(H,16,19)/t9-,12-/m0/s1. The van der Waals surface area contributed by atoms with Gasteiger partial charge in [0, 0.05) is 0 Å². The summed E-state index contributed by atoms with van der Waals surface area (Å²) in [4.78, 5) is 24.7. The van der Waals surface area contributed by atoms with Gasteiger partial charge in [-0.25, -0.2) is 4.79 Å². The van der Waals surface area contributed by atoms with Crippen molar-refractivity contribution in [3.05, 3.63) is 17.5 Å². The van der Waals surface area contributed by atoms with Crippen LogP contribution in [-0.4, -0.2) is 41.0 Å². The Balaban J connectivity index is 1.89. The normalized spacial score (nSPS) is 13.3. The van der Waals surface area contributed by atoms with Crippen LogP contribution in [0.5, 0.6) is 0 Å². The van der Waals surface area contributed by atoms with Crippen LogP contribution in [0, 0.1) is 5.92 Å². The quantitative estimate of drug-likeness (QED) is 0.564. The van der Waals surface area contributed by atoms with E-state index in [-0.39, 0.29) is 17.6 Å². The third-order valence-corrected chi connectivity index (χ3v) is 5.13. The number of hydrogen-bond donors (Lipinski definition) is 1. The molecule has 2 aromatic heterocycles. The number of hydrogen-bond acceptors (Lipinski definition) is 8. The second-order valence-electron chi connectivity index (χ2n) is 5.09. The number of amides is 1. The van der Waals surface area contributed by atoms with E-state index in [4.69, 9.17) is 9.15 Å². The number of methoxy groups -OCH3 is 1. The molecule has 0 saturated carbocycles. The van der Waals surface area contributed by atoms with Gasteiger partial charge in [-0.05, 0) is 17.4 Å². The Kier molecular flexibility index (Phi) is 6.80. The SMILES string of the molecule is CC[C@H](C)[C@H](NC(=O)CSc1nnc(-c2cccs2)o1)C(=O)OC. The highest BCUT2D eigenvalue weighted by atomic mass is 32.2. The van der Waals surface area contributed by atoms with Crippen LogP contribution in [0.15, 0.2) is 27.2 Å². The van der Waals surface area contributed by atoms with Crippen molar-refractivity contribution in [1.29, 1.82) is 0 Å². The fraction of sp³-hybridized carbons (Fsp3) is 0.467. The number of thiophene rings is 1. The van der Waals surface area contributed by atoms with Crippen LogP contribution in [0.2, 0.25) is 0 Å². The molecule has 0 unspecified atom stereocenters. The zero-order valence-corrected chi connectivity index (χ0v) is 15.3. The van der Waals surface area contributed by atoms with E-state index >= 15 is 0 Å². The topological polar surface area (TPSA) is 94.3 Å². The van der Waals surface area contributed by atoms with Gasteiger partial charge in [0.1, 0.15) is 6.04 Å². The summed E-state index contributed by atoms with van der Waals surface area (Å²) < 4.78 is 10.2. The number of ether oxygens (including phenoxy) is 1. The fourth-order valence-electron chi connectivity index (χ4n) is 1.91. The lowest BCUT2D eigenvalue weighted by Gasteiger charge is -2.21. The molecular formula is C15H19N3O4S2. The molecular weight excluding hydrogens is 350 g/mol. The summed E-state index contributed by atoms with van der Waals surface area (Å²) in [6.07, 6.45) is 0.751. The van der Waals surface area contributed by atoms with Crippen LogP contribution in [0.25, 0.3) is 10.8 Å². The predicted molar refractivity (Wildman–Crippen MR) is 91.7 cm³/mol. The molecule has 1 amide bonds. The maximum atomic E-state index is 12.1. The number of aromatic nitrogens is 2. The first-order chi connectivity index (χ1) is 11.5. The zero-order chi connectivity index (χ0) is 17.5. The van der Waals surface area contributed by atoms with Crippen molar-refractivity contribution in [3.63, 3.8) is 0 Å². The molecule has 2 heterocycles. The zero-order valence-electron chi connectivity index (χ0n) is 13.6. The highest BCUT2D eigenvalue weighted by Crippen LogP contribution is 2.26. The number of nitrogens with one attached hydrogen (secondary N) is 1. The van der Waals surface area contributed by atoms with Gasteiger partial charge in [0.05, 0.1) is 17.7 Å². The van der Waals surface area contributed by atoms with E-state index in [9.17, 15) is 9.59 Å². The van der Waals surface area contributed by atoms with Crippen molar-refractivity contribution in [3.8, 4) is 10.8 Å². The molecule has 2 atom stereocenters. The first kappa shape index (κ1) is 18.5. The van der Waals surface area contributed by atoms with Crippen LogP contribution in [0.4, 0.5) is 0 Å². The Morgan fingerprint density at radius 2 is 2.25 bits per heavy atom. The molecule has 0 aliphatic rings. The number of rotatable bonds is 8. The van der Waals surface area contributed by atoms with Crippen LogP contribution >= 0.6 is 23.1 Å². The van der Waals surface area contributed by atoms with Crippen molar-refractivity contribution in [2.45, 2.75) is 31.5 Å². The molecule has 130 valence electrons. The average Bonchev–Trinajstić information content (AvgIpc) is 3.27. The molecule has 0 saturated heterocycles. The molecule has 24 heavy (non-hydrogen) atoms. The largest absolute Gasteiger partial charge is 0.467 e. The first-order valence-corrected chi connectivity index (χ1v) is 9.29. The summed E-state index contributed by atoms with van der Waals surface area (Å²) in [7, 11) is 1.31. The summed E-state index contributed by atoms with van der Waals surface area (Å²) in [6.45, 7) is 3.84. The smallest absolute Gasteiger partial charge is 0.328 e. The maximum Gasteiger partial charge on any atom is 0.328 e. The predicted octanol–water partition coefficient (Wildman–Crippen LogP) is 2.59. The summed E-state index contributed by atoms with van der Waals surface area (Å²) in [6, 6.07) is 3.12. The Labute approximate surface area is 148 Å². The molecule has 0 fully saturated rings. The van der Waals surface area contributed by atoms with Crippen LogP contribution < -0.4 is 5.32 Å².